The Bertz CT molecular complexity index is 325. The summed E-state index contributed by atoms with van der Waals surface area (Å²) in [6.45, 7) is 11.0. The molecule has 0 heterocycles. The van der Waals surface area contributed by atoms with E-state index in [-0.39, 0.29) is 6.04 Å². The van der Waals surface area contributed by atoms with Crippen LogP contribution in [0.5, 0.6) is 0 Å². The van der Waals surface area contributed by atoms with Crippen LogP contribution < -0.4 is 10.6 Å². The summed E-state index contributed by atoms with van der Waals surface area (Å²) >= 11 is 0. The van der Waals surface area contributed by atoms with Gasteiger partial charge in [-0.3, -0.25) is 0 Å². The van der Waals surface area contributed by atoms with Gasteiger partial charge < -0.3 is 10.6 Å². The van der Waals surface area contributed by atoms with Gasteiger partial charge in [-0.25, -0.2) is 0 Å². The second-order valence-electron chi connectivity index (χ2n) is 5.34. The highest BCUT2D eigenvalue weighted by Gasteiger charge is 2.08. The molecule has 1 rings (SSSR count). The van der Waals surface area contributed by atoms with Crippen molar-refractivity contribution in [2.45, 2.75) is 46.6 Å². The standard InChI is InChI=1S/C16H28N2/c1-5-18(6-2)15-10-8-14(9-11-15)16(17)12-7-13(3)4/h8-11,13,16H,5-7,12,17H2,1-4H3/t16-/m0/s1. The first-order valence-electron chi connectivity index (χ1n) is 7.18. The topological polar surface area (TPSA) is 29.3 Å². The summed E-state index contributed by atoms with van der Waals surface area (Å²) in [4.78, 5) is 2.35. The SMILES string of the molecule is CCN(CC)c1ccc([C@@H](N)CCC(C)C)cc1. The zero-order chi connectivity index (χ0) is 13.5. The van der Waals surface area contributed by atoms with Gasteiger partial charge in [-0.05, 0) is 50.3 Å². The molecule has 0 saturated carbocycles. The Balaban J connectivity index is 2.64. The summed E-state index contributed by atoms with van der Waals surface area (Å²) < 4.78 is 0. The van der Waals surface area contributed by atoms with Crippen LogP contribution in [0, 0.1) is 5.92 Å². The van der Waals surface area contributed by atoms with Crippen LogP contribution in [0.1, 0.15) is 52.1 Å². The normalized spacial score (nSPS) is 12.8. The Morgan fingerprint density at radius 1 is 1.00 bits per heavy atom. The predicted molar refractivity (Wildman–Crippen MR) is 81.0 cm³/mol. The predicted octanol–water partition coefficient (Wildman–Crippen LogP) is 3.97. The van der Waals surface area contributed by atoms with Gasteiger partial charge in [0.15, 0.2) is 0 Å². The summed E-state index contributed by atoms with van der Waals surface area (Å²) in [5.74, 6) is 0.728. The molecule has 1 aromatic carbocycles. The van der Waals surface area contributed by atoms with E-state index < -0.39 is 0 Å². The summed E-state index contributed by atoms with van der Waals surface area (Å²) in [5, 5.41) is 0. The second-order valence-corrected chi connectivity index (χ2v) is 5.34. The molecule has 0 spiro atoms. The minimum Gasteiger partial charge on any atom is -0.372 e. The van der Waals surface area contributed by atoms with Crippen molar-refractivity contribution in [1.29, 1.82) is 0 Å². The summed E-state index contributed by atoms with van der Waals surface area (Å²) in [6, 6.07) is 8.92. The van der Waals surface area contributed by atoms with Crippen molar-refractivity contribution < 1.29 is 0 Å². The molecule has 2 heteroatoms. The quantitative estimate of drug-likeness (QED) is 0.791. The lowest BCUT2D eigenvalue weighted by Crippen LogP contribution is -2.21. The van der Waals surface area contributed by atoms with Crippen LogP contribution in [0.3, 0.4) is 0 Å². The molecule has 2 N–H and O–H groups in total. The molecule has 0 aliphatic rings. The van der Waals surface area contributed by atoms with Crippen molar-refractivity contribution >= 4 is 5.69 Å². The van der Waals surface area contributed by atoms with E-state index in [1.54, 1.807) is 0 Å². The van der Waals surface area contributed by atoms with E-state index in [9.17, 15) is 0 Å². The Kier molecular flexibility index (Phi) is 6.20. The van der Waals surface area contributed by atoms with Crippen molar-refractivity contribution in [3.05, 3.63) is 29.8 Å². The highest BCUT2D eigenvalue weighted by molar-refractivity contribution is 5.47. The third-order valence-electron chi connectivity index (χ3n) is 3.50. The van der Waals surface area contributed by atoms with E-state index in [4.69, 9.17) is 5.73 Å². The zero-order valence-corrected chi connectivity index (χ0v) is 12.3. The molecule has 18 heavy (non-hydrogen) atoms. The van der Waals surface area contributed by atoms with E-state index >= 15 is 0 Å². The van der Waals surface area contributed by atoms with Gasteiger partial charge in [-0.2, -0.15) is 0 Å². The minimum absolute atomic E-state index is 0.179. The van der Waals surface area contributed by atoms with Crippen LogP contribution in [-0.2, 0) is 0 Å². The molecule has 0 aromatic heterocycles. The molecule has 102 valence electrons. The molecule has 2 nitrogen and oxygen atoms in total. The molecule has 1 atom stereocenters. The maximum Gasteiger partial charge on any atom is 0.0366 e. The summed E-state index contributed by atoms with van der Waals surface area (Å²) in [7, 11) is 0. The number of hydrogen-bond acceptors (Lipinski definition) is 2. The van der Waals surface area contributed by atoms with E-state index in [0.29, 0.717) is 0 Å². The average molecular weight is 248 g/mol. The Morgan fingerprint density at radius 3 is 2.00 bits per heavy atom. The maximum atomic E-state index is 6.22. The number of rotatable bonds is 7. The lowest BCUT2D eigenvalue weighted by molar-refractivity contribution is 0.507. The Morgan fingerprint density at radius 2 is 1.56 bits per heavy atom. The fourth-order valence-corrected chi connectivity index (χ4v) is 2.20. The van der Waals surface area contributed by atoms with Gasteiger partial charge in [-0.1, -0.05) is 26.0 Å². The number of anilines is 1. The molecule has 0 saturated heterocycles. The molecule has 0 fully saturated rings. The molecule has 1 aromatic rings. The maximum absolute atomic E-state index is 6.22. The lowest BCUT2D eigenvalue weighted by Gasteiger charge is -2.22. The molecule has 0 aliphatic heterocycles. The highest BCUT2D eigenvalue weighted by atomic mass is 15.1. The van der Waals surface area contributed by atoms with E-state index in [0.717, 1.165) is 25.4 Å². The molecule has 0 amide bonds. The largest absolute Gasteiger partial charge is 0.372 e. The van der Waals surface area contributed by atoms with Gasteiger partial charge in [-0.15, -0.1) is 0 Å². The van der Waals surface area contributed by atoms with Crippen LogP contribution in [0.2, 0.25) is 0 Å². The minimum atomic E-state index is 0.179. The van der Waals surface area contributed by atoms with Crippen molar-refractivity contribution in [2.75, 3.05) is 18.0 Å². The average Bonchev–Trinajstić information content (AvgIpc) is 2.38. The third kappa shape index (κ3) is 4.34. The zero-order valence-electron chi connectivity index (χ0n) is 12.3. The highest BCUT2D eigenvalue weighted by Crippen LogP contribution is 2.22. The van der Waals surface area contributed by atoms with Gasteiger partial charge in [0.05, 0.1) is 0 Å². The molecule has 0 aliphatic carbocycles. The van der Waals surface area contributed by atoms with Crippen LogP contribution in [0.15, 0.2) is 24.3 Å². The first-order valence-corrected chi connectivity index (χ1v) is 7.18. The number of nitrogens with two attached hydrogens (primary N) is 1. The van der Waals surface area contributed by atoms with Gasteiger partial charge >= 0.3 is 0 Å². The van der Waals surface area contributed by atoms with Gasteiger partial charge in [0.2, 0.25) is 0 Å². The molecule has 0 bridgehead atoms. The Hall–Kier alpha value is -1.02. The first kappa shape index (κ1) is 15.0. The van der Waals surface area contributed by atoms with Crippen molar-refractivity contribution in [3.63, 3.8) is 0 Å². The van der Waals surface area contributed by atoms with E-state index in [1.165, 1.54) is 17.7 Å². The smallest absolute Gasteiger partial charge is 0.0366 e. The fraction of sp³-hybridized carbons (Fsp3) is 0.625. The molecule has 0 radical (unpaired) electrons. The summed E-state index contributed by atoms with van der Waals surface area (Å²) in [6.07, 6.45) is 2.27. The van der Waals surface area contributed by atoms with Crippen molar-refractivity contribution in [3.8, 4) is 0 Å². The molecular weight excluding hydrogens is 220 g/mol. The Labute approximate surface area is 112 Å². The van der Waals surface area contributed by atoms with Crippen LogP contribution in [0.4, 0.5) is 5.69 Å². The van der Waals surface area contributed by atoms with Crippen LogP contribution in [0.25, 0.3) is 0 Å². The first-order chi connectivity index (χ1) is 8.58. The van der Waals surface area contributed by atoms with Gasteiger partial charge in [0.25, 0.3) is 0 Å². The van der Waals surface area contributed by atoms with E-state index in [1.807, 2.05) is 0 Å². The van der Waals surface area contributed by atoms with E-state index in [2.05, 4.69) is 56.9 Å². The fourth-order valence-electron chi connectivity index (χ4n) is 2.20. The van der Waals surface area contributed by atoms with Gasteiger partial charge in [0, 0.05) is 24.8 Å². The second kappa shape index (κ2) is 7.42. The number of nitrogens with zero attached hydrogens (tertiary/aromatic N) is 1. The molecule has 0 unspecified atom stereocenters. The van der Waals surface area contributed by atoms with Crippen molar-refractivity contribution in [2.24, 2.45) is 11.7 Å². The third-order valence-corrected chi connectivity index (χ3v) is 3.50. The van der Waals surface area contributed by atoms with Gasteiger partial charge in [0.1, 0.15) is 0 Å². The van der Waals surface area contributed by atoms with Crippen molar-refractivity contribution in [1.82, 2.24) is 0 Å². The lowest BCUT2D eigenvalue weighted by atomic mass is 9.98. The number of hydrogen-bond donors (Lipinski definition) is 1. The number of benzene rings is 1. The molecular formula is C16H28N2. The monoisotopic (exact) mass is 248 g/mol. The summed E-state index contributed by atoms with van der Waals surface area (Å²) in [5.41, 5.74) is 8.77. The van der Waals surface area contributed by atoms with Crippen LogP contribution >= 0.6 is 0 Å². The van der Waals surface area contributed by atoms with Crippen LogP contribution in [-0.4, -0.2) is 13.1 Å².